The van der Waals surface area contributed by atoms with Crippen molar-refractivity contribution in [2.45, 2.75) is 6.54 Å². The number of anilines is 1. The third-order valence-electron chi connectivity index (χ3n) is 4.17. The molecule has 0 spiro atoms. The molecule has 3 rings (SSSR count). The second-order valence-corrected chi connectivity index (χ2v) is 6.70. The standard InChI is InChI=1S/C17H20N4O2S/c18-17(23)19-15-3-1-2-14(10-15)16(22)21-7-5-20(6-8-21)11-13-4-9-24-12-13/h1-4,9-10,12H,5-8,11H2,(H3,18,19,23)/p+1. The topological polar surface area (TPSA) is 79.9 Å². The lowest BCUT2D eigenvalue weighted by Gasteiger charge is -2.32. The molecule has 1 aromatic carbocycles. The number of thiophene rings is 1. The number of nitrogens with one attached hydrogen (secondary N) is 2. The first-order chi connectivity index (χ1) is 11.6. The second-order valence-electron chi connectivity index (χ2n) is 5.92. The molecule has 7 heteroatoms. The molecule has 0 atom stereocenters. The quantitative estimate of drug-likeness (QED) is 0.766. The van der Waals surface area contributed by atoms with Crippen molar-refractivity contribution in [2.24, 2.45) is 5.73 Å². The number of urea groups is 1. The van der Waals surface area contributed by atoms with Crippen LogP contribution in [0.5, 0.6) is 0 Å². The monoisotopic (exact) mass is 345 g/mol. The Kier molecular flexibility index (Phi) is 5.12. The van der Waals surface area contributed by atoms with Gasteiger partial charge in [-0.25, -0.2) is 4.79 Å². The maximum absolute atomic E-state index is 12.6. The lowest BCUT2D eigenvalue weighted by atomic mass is 10.1. The van der Waals surface area contributed by atoms with E-state index in [0.29, 0.717) is 11.3 Å². The van der Waals surface area contributed by atoms with Gasteiger partial charge in [-0.2, -0.15) is 11.3 Å². The van der Waals surface area contributed by atoms with E-state index in [9.17, 15) is 9.59 Å². The molecule has 2 aromatic rings. The van der Waals surface area contributed by atoms with Gasteiger partial charge in [-0.3, -0.25) is 4.79 Å². The normalized spacial score (nSPS) is 15.2. The Labute approximate surface area is 144 Å². The number of benzene rings is 1. The molecule has 0 unspecified atom stereocenters. The fourth-order valence-electron chi connectivity index (χ4n) is 2.94. The van der Waals surface area contributed by atoms with E-state index in [1.54, 1.807) is 35.6 Å². The molecule has 126 valence electrons. The average molecular weight is 345 g/mol. The van der Waals surface area contributed by atoms with E-state index in [1.165, 1.54) is 10.5 Å². The minimum Gasteiger partial charge on any atom is -0.351 e. The van der Waals surface area contributed by atoms with Gasteiger partial charge in [0.15, 0.2) is 0 Å². The molecule has 1 aliphatic heterocycles. The van der Waals surface area contributed by atoms with Gasteiger partial charge in [-0.15, -0.1) is 0 Å². The average Bonchev–Trinajstić information content (AvgIpc) is 3.07. The van der Waals surface area contributed by atoms with Crippen LogP contribution in [0.15, 0.2) is 41.1 Å². The molecule has 6 nitrogen and oxygen atoms in total. The number of primary amides is 1. The summed E-state index contributed by atoms with van der Waals surface area (Å²) >= 11 is 1.72. The highest BCUT2D eigenvalue weighted by molar-refractivity contribution is 7.07. The smallest absolute Gasteiger partial charge is 0.316 e. The Morgan fingerprint density at radius 2 is 2.04 bits per heavy atom. The van der Waals surface area contributed by atoms with Crippen molar-refractivity contribution in [1.82, 2.24) is 4.90 Å². The van der Waals surface area contributed by atoms with Gasteiger partial charge < -0.3 is 20.9 Å². The third kappa shape index (κ3) is 4.12. The Morgan fingerprint density at radius 1 is 1.25 bits per heavy atom. The first kappa shape index (κ1) is 16.5. The van der Waals surface area contributed by atoms with Crippen molar-refractivity contribution in [3.05, 3.63) is 52.2 Å². The molecule has 0 radical (unpaired) electrons. The predicted octanol–water partition coefficient (Wildman–Crippen LogP) is 0.780. The van der Waals surface area contributed by atoms with Gasteiger partial charge >= 0.3 is 6.03 Å². The highest BCUT2D eigenvalue weighted by atomic mass is 32.1. The third-order valence-corrected chi connectivity index (χ3v) is 4.90. The molecule has 1 fully saturated rings. The van der Waals surface area contributed by atoms with Crippen molar-refractivity contribution in [3.8, 4) is 0 Å². The number of quaternary nitrogens is 1. The first-order valence-electron chi connectivity index (χ1n) is 7.92. The van der Waals surface area contributed by atoms with Crippen LogP contribution in [0, 0.1) is 0 Å². The summed E-state index contributed by atoms with van der Waals surface area (Å²) in [5.41, 5.74) is 7.59. The fourth-order valence-corrected chi connectivity index (χ4v) is 3.61. The minimum absolute atomic E-state index is 0.00213. The molecular formula is C17H21N4O2S+. The van der Waals surface area contributed by atoms with Crippen molar-refractivity contribution >= 4 is 29.0 Å². The van der Waals surface area contributed by atoms with Crippen molar-refractivity contribution in [3.63, 3.8) is 0 Å². The zero-order valence-corrected chi connectivity index (χ0v) is 14.1. The summed E-state index contributed by atoms with van der Waals surface area (Å²) < 4.78 is 0. The van der Waals surface area contributed by atoms with Crippen LogP contribution >= 0.6 is 11.3 Å². The van der Waals surface area contributed by atoms with E-state index in [2.05, 4.69) is 22.1 Å². The first-order valence-corrected chi connectivity index (χ1v) is 8.86. The van der Waals surface area contributed by atoms with E-state index >= 15 is 0 Å². The molecule has 4 N–H and O–H groups in total. The van der Waals surface area contributed by atoms with Crippen molar-refractivity contribution in [1.29, 1.82) is 0 Å². The van der Waals surface area contributed by atoms with Crippen LogP contribution in [-0.2, 0) is 6.54 Å². The maximum Gasteiger partial charge on any atom is 0.316 e. The van der Waals surface area contributed by atoms with E-state index in [1.807, 2.05) is 4.90 Å². The molecule has 3 amide bonds. The van der Waals surface area contributed by atoms with Crippen LogP contribution in [0.2, 0.25) is 0 Å². The summed E-state index contributed by atoms with van der Waals surface area (Å²) in [5, 5.41) is 6.78. The molecule has 1 aromatic heterocycles. The van der Waals surface area contributed by atoms with Gasteiger partial charge in [-0.05, 0) is 35.0 Å². The Morgan fingerprint density at radius 3 is 2.71 bits per heavy atom. The molecule has 0 saturated carbocycles. The number of hydrogen-bond donors (Lipinski definition) is 3. The predicted molar refractivity (Wildman–Crippen MR) is 94.3 cm³/mol. The second kappa shape index (κ2) is 7.46. The molecular weight excluding hydrogens is 324 g/mol. The van der Waals surface area contributed by atoms with Crippen LogP contribution in [0.1, 0.15) is 15.9 Å². The molecule has 0 aliphatic carbocycles. The maximum atomic E-state index is 12.6. The molecule has 0 bridgehead atoms. The number of hydrogen-bond acceptors (Lipinski definition) is 3. The number of nitrogens with two attached hydrogens (primary N) is 1. The van der Waals surface area contributed by atoms with Gasteiger partial charge in [0.25, 0.3) is 5.91 Å². The molecule has 2 heterocycles. The van der Waals surface area contributed by atoms with E-state index in [0.717, 1.165) is 32.7 Å². The number of nitrogens with zero attached hydrogens (tertiary/aromatic N) is 1. The Bertz CT molecular complexity index is 709. The number of carbonyl (C=O) groups excluding carboxylic acids is 2. The van der Waals surface area contributed by atoms with E-state index in [4.69, 9.17) is 5.73 Å². The summed E-state index contributed by atoms with van der Waals surface area (Å²) in [6.45, 7) is 4.39. The minimum atomic E-state index is -0.634. The van der Waals surface area contributed by atoms with Gasteiger partial charge in [0.1, 0.15) is 6.54 Å². The largest absolute Gasteiger partial charge is 0.351 e. The molecule has 1 aliphatic rings. The number of rotatable bonds is 4. The lowest BCUT2D eigenvalue weighted by molar-refractivity contribution is -0.917. The molecule has 24 heavy (non-hydrogen) atoms. The van der Waals surface area contributed by atoms with Crippen LogP contribution < -0.4 is 16.0 Å². The lowest BCUT2D eigenvalue weighted by Crippen LogP contribution is -3.13. The van der Waals surface area contributed by atoms with Crippen molar-refractivity contribution < 1.29 is 14.5 Å². The Balaban J connectivity index is 1.57. The van der Waals surface area contributed by atoms with E-state index in [-0.39, 0.29) is 5.91 Å². The Hall–Kier alpha value is -2.38. The van der Waals surface area contributed by atoms with Gasteiger partial charge in [-0.1, -0.05) is 6.07 Å². The van der Waals surface area contributed by atoms with Crippen LogP contribution in [0.4, 0.5) is 10.5 Å². The summed E-state index contributed by atoms with van der Waals surface area (Å²) in [5.74, 6) is -0.00213. The number of amides is 3. The zero-order valence-electron chi connectivity index (χ0n) is 13.3. The van der Waals surface area contributed by atoms with E-state index < -0.39 is 6.03 Å². The van der Waals surface area contributed by atoms with Gasteiger partial charge in [0.2, 0.25) is 0 Å². The highest BCUT2D eigenvalue weighted by Crippen LogP contribution is 2.13. The number of piperazine rings is 1. The highest BCUT2D eigenvalue weighted by Gasteiger charge is 2.24. The zero-order chi connectivity index (χ0) is 16.9. The van der Waals surface area contributed by atoms with Crippen molar-refractivity contribution in [2.75, 3.05) is 31.5 Å². The summed E-state index contributed by atoms with van der Waals surface area (Å²) in [6, 6.07) is 8.41. The van der Waals surface area contributed by atoms with Gasteiger partial charge in [0.05, 0.1) is 26.2 Å². The fraction of sp³-hybridized carbons (Fsp3) is 0.294. The SMILES string of the molecule is NC(=O)Nc1cccc(C(=O)N2CC[NH+](Cc3ccsc3)CC2)c1. The summed E-state index contributed by atoms with van der Waals surface area (Å²) in [6.07, 6.45) is 0. The summed E-state index contributed by atoms with van der Waals surface area (Å²) in [7, 11) is 0. The van der Waals surface area contributed by atoms with Crippen LogP contribution in [-0.4, -0.2) is 43.0 Å². The van der Waals surface area contributed by atoms with Crippen LogP contribution in [0.3, 0.4) is 0 Å². The van der Waals surface area contributed by atoms with Gasteiger partial charge in [0, 0.05) is 16.8 Å². The summed E-state index contributed by atoms with van der Waals surface area (Å²) in [4.78, 5) is 26.9. The molecule has 1 saturated heterocycles. The van der Waals surface area contributed by atoms with Crippen LogP contribution in [0.25, 0.3) is 0 Å². The number of carbonyl (C=O) groups is 2.